The van der Waals surface area contributed by atoms with Crippen LogP contribution in [0.4, 0.5) is 17.1 Å². The highest BCUT2D eigenvalue weighted by molar-refractivity contribution is 9.10. The average molecular weight is 485 g/mol. The monoisotopic (exact) mass is 484 g/mol. The Hall–Kier alpha value is -2.38. The molecule has 4 rings (SSSR count). The summed E-state index contributed by atoms with van der Waals surface area (Å²) in [6.07, 6.45) is 0.228. The van der Waals surface area contributed by atoms with Gasteiger partial charge in [0.25, 0.3) is 0 Å². The molecule has 0 radical (unpaired) electrons. The SMILES string of the molecule is CCN1CCN(c2ccc(NC(=O)C3CC(=O)N(c4ccccc4Br)C3)cc2C)CC1. The van der Waals surface area contributed by atoms with Gasteiger partial charge in [0.2, 0.25) is 11.8 Å². The lowest BCUT2D eigenvalue weighted by Crippen LogP contribution is -2.46. The summed E-state index contributed by atoms with van der Waals surface area (Å²) in [6, 6.07) is 13.7. The maximum Gasteiger partial charge on any atom is 0.229 e. The summed E-state index contributed by atoms with van der Waals surface area (Å²) in [7, 11) is 0. The Bertz CT molecular complexity index is 972. The molecule has 2 saturated heterocycles. The molecule has 2 aromatic rings. The molecule has 0 bridgehead atoms. The number of piperazine rings is 1. The van der Waals surface area contributed by atoms with Crippen LogP contribution >= 0.6 is 15.9 Å². The second-order valence-electron chi connectivity index (χ2n) is 8.27. The molecule has 2 fully saturated rings. The fraction of sp³-hybridized carbons (Fsp3) is 0.417. The molecule has 2 aromatic carbocycles. The predicted octanol–water partition coefficient (Wildman–Crippen LogP) is 3.89. The lowest BCUT2D eigenvalue weighted by atomic mass is 10.1. The highest BCUT2D eigenvalue weighted by atomic mass is 79.9. The average Bonchev–Trinajstić information content (AvgIpc) is 3.16. The van der Waals surface area contributed by atoms with Crippen LogP contribution in [0, 0.1) is 12.8 Å². The van der Waals surface area contributed by atoms with Crippen LogP contribution in [0.5, 0.6) is 0 Å². The van der Waals surface area contributed by atoms with Crippen molar-refractivity contribution < 1.29 is 9.59 Å². The first-order valence-electron chi connectivity index (χ1n) is 10.9. The van der Waals surface area contributed by atoms with E-state index in [2.05, 4.69) is 51.0 Å². The number of nitrogens with one attached hydrogen (secondary N) is 1. The van der Waals surface area contributed by atoms with E-state index < -0.39 is 0 Å². The van der Waals surface area contributed by atoms with Gasteiger partial charge in [0.05, 0.1) is 11.6 Å². The normalized spacial score (nSPS) is 19.7. The summed E-state index contributed by atoms with van der Waals surface area (Å²) >= 11 is 3.50. The topological polar surface area (TPSA) is 55.9 Å². The van der Waals surface area contributed by atoms with Gasteiger partial charge >= 0.3 is 0 Å². The van der Waals surface area contributed by atoms with Crippen molar-refractivity contribution in [2.75, 3.05) is 54.4 Å². The van der Waals surface area contributed by atoms with E-state index in [-0.39, 0.29) is 24.2 Å². The van der Waals surface area contributed by atoms with Crippen LogP contribution in [0.1, 0.15) is 18.9 Å². The Morgan fingerprint density at radius 2 is 1.84 bits per heavy atom. The number of hydrogen-bond acceptors (Lipinski definition) is 4. The Kier molecular flexibility index (Phi) is 6.62. The number of amides is 2. The number of hydrogen-bond donors (Lipinski definition) is 1. The highest BCUT2D eigenvalue weighted by Gasteiger charge is 2.35. The molecule has 2 heterocycles. The van der Waals surface area contributed by atoms with E-state index in [1.54, 1.807) is 4.90 Å². The number of carbonyl (C=O) groups excluding carboxylic acids is 2. The van der Waals surface area contributed by atoms with Gasteiger partial charge in [0, 0.05) is 55.0 Å². The fourth-order valence-electron chi connectivity index (χ4n) is 4.42. The van der Waals surface area contributed by atoms with Gasteiger partial charge < -0.3 is 20.0 Å². The molecule has 1 unspecified atom stereocenters. The highest BCUT2D eigenvalue weighted by Crippen LogP contribution is 2.32. The second-order valence-corrected chi connectivity index (χ2v) is 9.12. The molecule has 0 saturated carbocycles. The molecule has 2 aliphatic rings. The van der Waals surface area contributed by atoms with Gasteiger partial charge in [-0.25, -0.2) is 0 Å². The maximum absolute atomic E-state index is 12.9. The van der Waals surface area contributed by atoms with Crippen LogP contribution in [0.25, 0.3) is 0 Å². The van der Waals surface area contributed by atoms with Crippen molar-refractivity contribution in [1.29, 1.82) is 0 Å². The summed E-state index contributed by atoms with van der Waals surface area (Å²) in [5.74, 6) is -0.488. The molecule has 6 nitrogen and oxygen atoms in total. The van der Waals surface area contributed by atoms with Crippen molar-refractivity contribution in [1.82, 2.24) is 4.90 Å². The third-order valence-corrected chi connectivity index (χ3v) is 6.93. The van der Waals surface area contributed by atoms with Crippen LogP contribution in [0.2, 0.25) is 0 Å². The zero-order chi connectivity index (χ0) is 22.0. The van der Waals surface area contributed by atoms with Crippen LogP contribution in [0.3, 0.4) is 0 Å². The van der Waals surface area contributed by atoms with Crippen molar-refractivity contribution in [2.45, 2.75) is 20.3 Å². The van der Waals surface area contributed by atoms with Crippen LogP contribution in [-0.2, 0) is 9.59 Å². The van der Waals surface area contributed by atoms with E-state index in [0.717, 1.165) is 54.1 Å². The van der Waals surface area contributed by atoms with Crippen LogP contribution in [-0.4, -0.2) is 56.0 Å². The molecule has 1 N–H and O–H groups in total. The largest absolute Gasteiger partial charge is 0.369 e. The minimum atomic E-state index is -0.360. The van der Waals surface area contributed by atoms with Gasteiger partial charge in [0.15, 0.2) is 0 Å². The van der Waals surface area contributed by atoms with E-state index in [0.29, 0.717) is 6.54 Å². The van der Waals surface area contributed by atoms with Crippen LogP contribution in [0.15, 0.2) is 46.9 Å². The first-order chi connectivity index (χ1) is 15.0. The summed E-state index contributed by atoms with van der Waals surface area (Å²) < 4.78 is 0.857. The van der Waals surface area contributed by atoms with E-state index in [9.17, 15) is 9.59 Å². The van der Waals surface area contributed by atoms with Gasteiger partial charge in [0.1, 0.15) is 0 Å². The summed E-state index contributed by atoms with van der Waals surface area (Å²) in [5.41, 5.74) is 3.97. The molecule has 0 aliphatic carbocycles. The van der Waals surface area contributed by atoms with Crippen molar-refractivity contribution in [2.24, 2.45) is 5.92 Å². The van der Waals surface area contributed by atoms with Gasteiger partial charge in [-0.05, 0) is 65.3 Å². The minimum Gasteiger partial charge on any atom is -0.369 e. The van der Waals surface area contributed by atoms with Crippen LogP contribution < -0.4 is 15.1 Å². The number of anilines is 3. The molecule has 164 valence electrons. The Morgan fingerprint density at radius 3 is 2.52 bits per heavy atom. The third-order valence-electron chi connectivity index (χ3n) is 6.26. The number of benzene rings is 2. The number of nitrogens with zero attached hydrogens (tertiary/aromatic N) is 3. The molecule has 0 spiro atoms. The zero-order valence-corrected chi connectivity index (χ0v) is 19.7. The second kappa shape index (κ2) is 9.40. The van der Waals surface area contributed by atoms with Crippen molar-refractivity contribution in [3.8, 4) is 0 Å². The number of likely N-dealkylation sites (N-methyl/N-ethyl adjacent to an activating group) is 1. The summed E-state index contributed by atoms with van der Waals surface area (Å²) in [4.78, 5) is 32.0. The van der Waals surface area contributed by atoms with Gasteiger partial charge in [-0.2, -0.15) is 0 Å². The third kappa shape index (κ3) is 4.77. The lowest BCUT2D eigenvalue weighted by Gasteiger charge is -2.36. The van der Waals surface area contributed by atoms with Crippen molar-refractivity contribution >= 4 is 44.8 Å². The summed E-state index contributed by atoms with van der Waals surface area (Å²) in [6.45, 7) is 9.99. The van der Waals surface area contributed by atoms with E-state index in [4.69, 9.17) is 0 Å². The first kappa shape index (κ1) is 21.8. The van der Waals surface area contributed by atoms with E-state index in [1.807, 2.05) is 36.4 Å². The molecule has 7 heteroatoms. The minimum absolute atomic E-state index is 0.0233. The Balaban J connectivity index is 1.39. The quantitative estimate of drug-likeness (QED) is 0.699. The number of carbonyl (C=O) groups is 2. The maximum atomic E-state index is 12.9. The lowest BCUT2D eigenvalue weighted by molar-refractivity contribution is -0.122. The number of halogens is 1. The van der Waals surface area contributed by atoms with Gasteiger partial charge in [-0.1, -0.05) is 19.1 Å². The predicted molar refractivity (Wildman–Crippen MR) is 129 cm³/mol. The molecule has 1 atom stereocenters. The summed E-state index contributed by atoms with van der Waals surface area (Å²) in [5, 5.41) is 3.02. The Labute approximate surface area is 192 Å². The molecular weight excluding hydrogens is 456 g/mol. The van der Waals surface area contributed by atoms with E-state index in [1.165, 1.54) is 5.69 Å². The molecule has 0 aromatic heterocycles. The smallest absolute Gasteiger partial charge is 0.229 e. The number of aryl methyl sites for hydroxylation is 1. The van der Waals surface area contributed by atoms with E-state index >= 15 is 0 Å². The van der Waals surface area contributed by atoms with Gasteiger partial charge in [-0.15, -0.1) is 0 Å². The number of para-hydroxylation sites is 1. The molecule has 31 heavy (non-hydrogen) atoms. The van der Waals surface area contributed by atoms with Gasteiger partial charge in [-0.3, -0.25) is 9.59 Å². The Morgan fingerprint density at radius 1 is 1.10 bits per heavy atom. The fourth-order valence-corrected chi connectivity index (χ4v) is 4.92. The zero-order valence-electron chi connectivity index (χ0n) is 18.1. The van der Waals surface area contributed by atoms with Crippen molar-refractivity contribution in [3.63, 3.8) is 0 Å². The molecule has 2 amide bonds. The number of rotatable bonds is 5. The molecular formula is C24H29BrN4O2. The standard InChI is InChI=1S/C24H29BrN4O2/c1-3-27-10-12-28(13-11-27)21-9-8-19(14-17(21)2)26-24(31)18-15-23(30)29(16-18)22-7-5-4-6-20(22)25/h4-9,14,18H,3,10-13,15-16H2,1-2H3,(H,26,31). The first-order valence-corrected chi connectivity index (χ1v) is 11.7. The molecule has 2 aliphatic heterocycles. The van der Waals surface area contributed by atoms with Crippen molar-refractivity contribution in [3.05, 3.63) is 52.5 Å².